The highest BCUT2D eigenvalue weighted by Crippen LogP contribution is 2.33. The molecule has 0 aliphatic carbocycles. The van der Waals surface area contributed by atoms with E-state index in [-0.39, 0.29) is 6.03 Å². The van der Waals surface area contributed by atoms with Crippen LogP contribution in [0.4, 0.5) is 10.6 Å². The van der Waals surface area contributed by atoms with E-state index in [2.05, 4.69) is 20.8 Å². The second kappa shape index (κ2) is 6.71. The van der Waals surface area contributed by atoms with Crippen molar-refractivity contribution >= 4 is 34.4 Å². The van der Waals surface area contributed by atoms with Crippen LogP contribution in [-0.2, 0) is 0 Å². The molecule has 6 heteroatoms. The summed E-state index contributed by atoms with van der Waals surface area (Å²) in [6, 6.07) is 13.4. The lowest BCUT2D eigenvalue weighted by atomic mass is 10.0. The van der Waals surface area contributed by atoms with Crippen LogP contribution in [0.3, 0.4) is 0 Å². The molecule has 0 spiro atoms. The molecule has 0 unspecified atom stereocenters. The van der Waals surface area contributed by atoms with Gasteiger partial charge in [-0.1, -0.05) is 48.9 Å². The second-order valence-corrected chi connectivity index (χ2v) is 5.60. The van der Waals surface area contributed by atoms with Crippen molar-refractivity contribution in [2.45, 2.75) is 13.3 Å². The first-order valence-electron chi connectivity index (χ1n) is 7.47. The summed E-state index contributed by atoms with van der Waals surface area (Å²) >= 11 is 6.37. The molecule has 2 amide bonds. The Morgan fingerprint density at radius 1 is 1.26 bits per heavy atom. The molecule has 0 aliphatic rings. The van der Waals surface area contributed by atoms with Crippen molar-refractivity contribution in [3.8, 4) is 11.1 Å². The highest BCUT2D eigenvalue weighted by atomic mass is 35.5. The molecule has 0 radical (unpaired) electrons. The van der Waals surface area contributed by atoms with E-state index in [4.69, 9.17) is 11.6 Å². The minimum Gasteiger partial charge on any atom is -0.338 e. The SMILES string of the molecule is CCCNC(=O)Nc1n[nH]c2cc(Cl)c(-c3ccccc3)cc12. The van der Waals surface area contributed by atoms with Crippen molar-refractivity contribution in [2.75, 3.05) is 11.9 Å². The highest BCUT2D eigenvalue weighted by Gasteiger charge is 2.13. The number of amides is 2. The number of urea groups is 1. The topological polar surface area (TPSA) is 69.8 Å². The van der Waals surface area contributed by atoms with Gasteiger partial charge in [0, 0.05) is 17.5 Å². The Morgan fingerprint density at radius 2 is 2.04 bits per heavy atom. The number of carbonyl (C=O) groups is 1. The molecular weight excluding hydrogens is 312 g/mol. The summed E-state index contributed by atoms with van der Waals surface area (Å²) in [4.78, 5) is 11.8. The molecule has 5 nitrogen and oxygen atoms in total. The largest absolute Gasteiger partial charge is 0.338 e. The van der Waals surface area contributed by atoms with E-state index < -0.39 is 0 Å². The van der Waals surface area contributed by atoms with Crippen molar-refractivity contribution in [3.05, 3.63) is 47.5 Å². The lowest BCUT2D eigenvalue weighted by Crippen LogP contribution is -2.29. The van der Waals surface area contributed by atoms with Gasteiger partial charge in [-0.15, -0.1) is 0 Å². The van der Waals surface area contributed by atoms with Crippen molar-refractivity contribution in [1.29, 1.82) is 0 Å². The maximum Gasteiger partial charge on any atom is 0.320 e. The van der Waals surface area contributed by atoms with Crippen LogP contribution < -0.4 is 10.6 Å². The normalized spacial score (nSPS) is 10.7. The lowest BCUT2D eigenvalue weighted by Gasteiger charge is -2.07. The van der Waals surface area contributed by atoms with Gasteiger partial charge in [0.2, 0.25) is 0 Å². The molecule has 1 heterocycles. The van der Waals surface area contributed by atoms with Crippen LogP contribution >= 0.6 is 11.6 Å². The smallest absolute Gasteiger partial charge is 0.320 e. The minimum absolute atomic E-state index is 0.267. The minimum atomic E-state index is -0.267. The first-order chi connectivity index (χ1) is 11.2. The summed E-state index contributed by atoms with van der Waals surface area (Å²) in [5, 5.41) is 14.0. The number of anilines is 1. The Kier molecular flexibility index (Phi) is 4.48. The molecule has 2 aromatic carbocycles. The van der Waals surface area contributed by atoms with E-state index >= 15 is 0 Å². The molecule has 0 saturated heterocycles. The van der Waals surface area contributed by atoms with E-state index in [9.17, 15) is 4.79 Å². The molecule has 3 rings (SSSR count). The third kappa shape index (κ3) is 3.29. The number of hydrogen-bond acceptors (Lipinski definition) is 2. The molecule has 0 atom stereocenters. The van der Waals surface area contributed by atoms with E-state index in [0.29, 0.717) is 17.4 Å². The number of aromatic amines is 1. The van der Waals surface area contributed by atoms with Crippen molar-refractivity contribution in [3.63, 3.8) is 0 Å². The molecule has 0 bridgehead atoms. The van der Waals surface area contributed by atoms with Crippen LogP contribution in [0.2, 0.25) is 5.02 Å². The van der Waals surface area contributed by atoms with Gasteiger partial charge in [-0.25, -0.2) is 4.79 Å². The zero-order chi connectivity index (χ0) is 16.2. The Morgan fingerprint density at radius 3 is 2.78 bits per heavy atom. The number of nitrogens with zero attached hydrogens (tertiary/aromatic N) is 1. The van der Waals surface area contributed by atoms with Crippen LogP contribution in [0, 0.1) is 0 Å². The monoisotopic (exact) mass is 328 g/mol. The average Bonchev–Trinajstić information content (AvgIpc) is 2.94. The van der Waals surface area contributed by atoms with Crippen molar-refractivity contribution in [2.24, 2.45) is 0 Å². The number of carbonyl (C=O) groups excluding carboxylic acids is 1. The van der Waals surface area contributed by atoms with Gasteiger partial charge < -0.3 is 5.32 Å². The maximum atomic E-state index is 11.8. The molecule has 23 heavy (non-hydrogen) atoms. The first-order valence-corrected chi connectivity index (χ1v) is 7.84. The fraction of sp³-hybridized carbons (Fsp3) is 0.176. The molecule has 0 fully saturated rings. The average molecular weight is 329 g/mol. The molecule has 118 valence electrons. The van der Waals surface area contributed by atoms with Gasteiger partial charge in [0.1, 0.15) is 0 Å². The van der Waals surface area contributed by atoms with Crippen LogP contribution in [-0.4, -0.2) is 22.8 Å². The number of nitrogens with one attached hydrogen (secondary N) is 3. The van der Waals surface area contributed by atoms with Gasteiger partial charge in [-0.05, 0) is 24.1 Å². The van der Waals surface area contributed by atoms with Crippen molar-refractivity contribution < 1.29 is 4.79 Å². The number of benzene rings is 2. The first kappa shape index (κ1) is 15.4. The summed E-state index contributed by atoms with van der Waals surface area (Å²) in [5.74, 6) is 0.488. The highest BCUT2D eigenvalue weighted by molar-refractivity contribution is 6.34. The number of H-pyrrole nitrogens is 1. The third-order valence-corrected chi connectivity index (χ3v) is 3.82. The van der Waals surface area contributed by atoms with Gasteiger partial charge in [0.15, 0.2) is 5.82 Å². The Labute approximate surface area is 139 Å². The molecular formula is C17H17ClN4O. The quantitative estimate of drug-likeness (QED) is 0.663. The number of halogens is 1. The third-order valence-electron chi connectivity index (χ3n) is 3.50. The van der Waals surface area contributed by atoms with Gasteiger partial charge in [-0.3, -0.25) is 10.4 Å². The van der Waals surface area contributed by atoms with Gasteiger partial charge >= 0.3 is 6.03 Å². The summed E-state index contributed by atoms with van der Waals surface area (Å²) in [6.07, 6.45) is 0.877. The summed E-state index contributed by atoms with van der Waals surface area (Å²) < 4.78 is 0. The van der Waals surface area contributed by atoms with Gasteiger partial charge in [0.05, 0.1) is 10.5 Å². The zero-order valence-electron chi connectivity index (χ0n) is 12.7. The number of rotatable bonds is 4. The molecule has 3 N–H and O–H groups in total. The fourth-order valence-corrected chi connectivity index (χ4v) is 2.64. The lowest BCUT2D eigenvalue weighted by molar-refractivity contribution is 0.252. The second-order valence-electron chi connectivity index (χ2n) is 5.20. The van der Waals surface area contributed by atoms with Crippen LogP contribution in [0.25, 0.3) is 22.0 Å². The Bertz CT molecular complexity index is 829. The van der Waals surface area contributed by atoms with E-state index in [1.807, 2.05) is 49.4 Å². The van der Waals surface area contributed by atoms with Crippen LogP contribution in [0.1, 0.15) is 13.3 Å². The van der Waals surface area contributed by atoms with E-state index in [1.165, 1.54) is 0 Å². The van der Waals surface area contributed by atoms with E-state index in [1.54, 1.807) is 0 Å². The van der Waals surface area contributed by atoms with Gasteiger partial charge in [0.25, 0.3) is 0 Å². The van der Waals surface area contributed by atoms with Crippen LogP contribution in [0.5, 0.6) is 0 Å². The van der Waals surface area contributed by atoms with Crippen molar-refractivity contribution in [1.82, 2.24) is 15.5 Å². The number of hydrogen-bond donors (Lipinski definition) is 3. The number of fused-ring (bicyclic) bond motifs is 1. The molecule has 1 aromatic heterocycles. The molecule has 0 aliphatic heterocycles. The zero-order valence-corrected chi connectivity index (χ0v) is 13.4. The predicted octanol–water partition coefficient (Wildman–Crippen LogP) is 4.41. The summed E-state index contributed by atoms with van der Waals surface area (Å²) in [7, 11) is 0. The fourth-order valence-electron chi connectivity index (χ4n) is 2.36. The predicted molar refractivity (Wildman–Crippen MR) is 93.9 cm³/mol. The van der Waals surface area contributed by atoms with Gasteiger partial charge in [-0.2, -0.15) is 5.10 Å². The molecule has 3 aromatic rings. The van der Waals surface area contributed by atoms with E-state index in [0.717, 1.165) is 28.5 Å². The van der Waals surface area contributed by atoms with Crippen LogP contribution in [0.15, 0.2) is 42.5 Å². The Hall–Kier alpha value is -2.53. The Balaban J connectivity index is 1.97. The number of aromatic nitrogens is 2. The molecule has 0 saturated carbocycles. The standard InChI is InChI=1S/C17H17ClN4O/c1-2-8-19-17(23)20-16-13-9-12(11-6-4-3-5-7-11)14(18)10-15(13)21-22-16/h3-7,9-10H,2,8H2,1H3,(H3,19,20,21,22,23). The maximum absolute atomic E-state index is 11.8. The summed E-state index contributed by atoms with van der Waals surface area (Å²) in [5.41, 5.74) is 2.70. The summed E-state index contributed by atoms with van der Waals surface area (Å²) in [6.45, 7) is 2.62.